The van der Waals surface area contributed by atoms with Crippen molar-refractivity contribution in [2.45, 2.75) is 13.0 Å². The lowest BCUT2D eigenvalue weighted by Gasteiger charge is -2.34. The highest BCUT2D eigenvalue weighted by Crippen LogP contribution is 2.32. The first-order chi connectivity index (χ1) is 9.63. The number of para-hydroxylation sites is 1. The maximum atomic E-state index is 11.3. The Labute approximate surface area is 126 Å². The van der Waals surface area contributed by atoms with Crippen LogP contribution in [0, 0.1) is 5.92 Å². The van der Waals surface area contributed by atoms with Gasteiger partial charge in [0.15, 0.2) is 0 Å². The standard InChI is InChI=1S/C15H14ClNO2S/c16-14-6-5-12(20-14)9-17-8-11(15(18)19)7-10-3-1-2-4-13(10)17/h1-6,11H,7-9H2,(H,18,19). The van der Waals surface area contributed by atoms with Crippen LogP contribution < -0.4 is 4.90 Å². The molecule has 1 aliphatic heterocycles. The summed E-state index contributed by atoms with van der Waals surface area (Å²) in [5.74, 6) is -1.07. The number of hydrogen-bond acceptors (Lipinski definition) is 3. The molecule has 0 saturated heterocycles. The maximum absolute atomic E-state index is 11.3. The minimum atomic E-state index is -0.728. The number of benzene rings is 1. The largest absolute Gasteiger partial charge is 0.481 e. The minimum Gasteiger partial charge on any atom is -0.481 e. The van der Waals surface area contributed by atoms with E-state index < -0.39 is 5.97 Å². The summed E-state index contributed by atoms with van der Waals surface area (Å²) in [7, 11) is 0. The van der Waals surface area contributed by atoms with Crippen LogP contribution in [0.1, 0.15) is 10.4 Å². The molecule has 1 unspecified atom stereocenters. The highest BCUT2D eigenvalue weighted by Gasteiger charge is 2.28. The number of aliphatic carboxylic acids is 1. The number of halogens is 1. The number of thiophene rings is 1. The second kappa shape index (κ2) is 5.46. The Morgan fingerprint density at radius 3 is 2.85 bits per heavy atom. The third kappa shape index (κ3) is 2.67. The van der Waals surface area contributed by atoms with Crippen molar-refractivity contribution in [2.24, 2.45) is 5.92 Å². The molecule has 0 spiro atoms. The van der Waals surface area contributed by atoms with Gasteiger partial charge >= 0.3 is 5.97 Å². The van der Waals surface area contributed by atoms with Gasteiger partial charge in [0.1, 0.15) is 0 Å². The van der Waals surface area contributed by atoms with E-state index in [1.54, 1.807) is 11.3 Å². The topological polar surface area (TPSA) is 40.5 Å². The quantitative estimate of drug-likeness (QED) is 0.940. The van der Waals surface area contributed by atoms with Gasteiger partial charge in [-0.3, -0.25) is 4.79 Å². The summed E-state index contributed by atoms with van der Waals surface area (Å²) in [5.41, 5.74) is 2.24. The lowest BCUT2D eigenvalue weighted by molar-refractivity contribution is -0.141. The molecule has 1 atom stereocenters. The van der Waals surface area contributed by atoms with Crippen LogP contribution in [0.3, 0.4) is 0 Å². The van der Waals surface area contributed by atoms with Crippen LogP contribution in [0.4, 0.5) is 5.69 Å². The molecule has 2 aromatic rings. The van der Waals surface area contributed by atoms with Crippen LogP contribution in [0.5, 0.6) is 0 Å². The molecular weight excluding hydrogens is 294 g/mol. The molecule has 20 heavy (non-hydrogen) atoms. The van der Waals surface area contributed by atoms with E-state index in [1.165, 1.54) is 0 Å². The SMILES string of the molecule is O=C(O)C1Cc2ccccc2N(Cc2ccc(Cl)s2)C1. The highest BCUT2D eigenvalue weighted by atomic mass is 35.5. The number of anilines is 1. The first-order valence-electron chi connectivity index (χ1n) is 6.43. The van der Waals surface area contributed by atoms with Crippen molar-refractivity contribution < 1.29 is 9.90 Å². The third-order valence-corrected chi connectivity index (χ3v) is 4.78. The Hall–Kier alpha value is -1.52. The Bertz CT molecular complexity index is 640. The van der Waals surface area contributed by atoms with Gasteiger partial charge < -0.3 is 10.0 Å². The molecular formula is C15H14ClNO2S. The molecule has 0 fully saturated rings. The summed E-state index contributed by atoms with van der Waals surface area (Å²) in [6, 6.07) is 11.9. The van der Waals surface area contributed by atoms with Gasteiger partial charge in [-0.05, 0) is 30.2 Å². The van der Waals surface area contributed by atoms with Crippen molar-refractivity contribution in [1.82, 2.24) is 0 Å². The summed E-state index contributed by atoms with van der Waals surface area (Å²) >= 11 is 7.51. The first-order valence-corrected chi connectivity index (χ1v) is 7.63. The monoisotopic (exact) mass is 307 g/mol. The molecule has 1 N–H and O–H groups in total. The molecule has 2 heterocycles. The van der Waals surface area contributed by atoms with E-state index in [4.69, 9.17) is 11.6 Å². The van der Waals surface area contributed by atoms with Gasteiger partial charge in [-0.25, -0.2) is 0 Å². The third-order valence-electron chi connectivity index (χ3n) is 3.56. The first kappa shape index (κ1) is 13.5. The molecule has 104 valence electrons. The van der Waals surface area contributed by atoms with Crippen LogP contribution in [0.2, 0.25) is 4.34 Å². The van der Waals surface area contributed by atoms with Crippen molar-refractivity contribution in [3.63, 3.8) is 0 Å². The summed E-state index contributed by atoms with van der Waals surface area (Å²) in [4.78, 5) is 14.6. The molecule has 1 aliphatic rings. The van der Waals surface area contributed by atoms with Gasteiger partial charge in [-0.2, -0.15) is 0 Å². The van der Waals surface area contributed by atoms with Crippen LogP contribution in [-0.2, 0) is 17.8 Å². The van der Waals surface area contributed by atoms with Crippen LogP contribution in [-0.4, -0.2) is 17.6 Å². The fourth-order valence-electron chi connectivity index (χ4n) is 2.63. The van der Waals surface area contributed by atoms with Gasteiger partial charge in [0.05, 0.1) is 16.8 Å². The molecule has 0 aliphatic carbocycles. The molecule has 1 aromatic heterocycles. The van der Waals surface area contributed by atoms with E-state index in [2.05, 4.69) is 11.0 Å². The van der Waals surface area contributed by atoms with Crippen molar-refractivity contribution in [3.8, 4) is 0 Å². The Morgan fingerprint density at radius 1 is 1.35 bits per heavy atom. The predicted octanol–water partition coefficient (Wildman–Crippen LogP) is 3.67. The van der Waals surface area contributed by atoms with E-state index in [-0.39, 0.29) is 5.92 Å². The highest BCUT2D eigenvalue weighted by molar-refractivity contribution is 7.16. The lowest BCUT2D eigenvalue weighted by atomic mass is 9.92. The number of hydrogen-bond donors (Lipinski definition) is 1. The van der Waals surface area contributed by atoms with E-state index in [0.29, 0.717) is 19.5 Å². The van der Waals surface area contributed by atoms with Gasteiger partial charge in [0.2, 0.25) is 0 Å². The van der Waals surface area contributed by atoms with Gasteiger partial charge in [-0.15, -0.1) is 11.3 Å². The number of nitrogens with zero attached hydrogens (tertiary/aromatic N) is 1. The van der Waals surface area contributed by atoms with Crippen molar-refractivity contribution in [2.75, 3.05) is 11.4 Å². The Morgan fingerprint density at radius 2 is 2.15 bits per heavy atom. The van der Waals surface area contributed by atoms with Crippen LogP contribution in [0.15, 0.2) is 36.4 Å². The summed E-state index contributed by atoms with van der Waals surface area (Å²) in [6.07, 6.45) is 0.604. The number of rotatable bonds is 3. The van der Waals surface area contributed by atoms with E-state index in [0.717, 1.165) is 20.5 Å². The molecule has 0 saturated carbocycles. The molecule has 0 radical (unpaired) electrons. The second-order valence-corrected chi connectivity index (χ2v) is 6.75. The van der Waals surface area contributed by atoms with Gasteiger partial charge in [0, 0.05) is 17.1 Å². The van der Waals surface area contributed by atoms with E-state index >= 15 is 0 Å². The molecule has 0 amide bonds. The predicted molar refractivity (Wildman–Crippen MR) is 81.7 cm³/mol. The minimum absolute atomic E-state index is 0.347. The molecule has 0 bridgehead atoms. The zero-order chi connectivity index (χ0) is 14.1. The average molecular weight is 308 g/mol. The fourth-order valence-corrected chi connectivity index (χ4v) is 3.73. The molecule has 3 nitrogen and oxygen atoms in total. The smallest absolute Gasteiger partial charge is 0.308 e. The van der Waals surface area contributed by atoms with E-state index in [9.17, 15) is 9.90 Å². The zero-order valence-electron chi connectivity index (χ0n) is 10.8. The van der Waals surface area contributed by atoms with E-state index in [1.807, 2.05) is 30.3 Å². The average Bonchev–Trinajstić information content (AvgIpc) is 2.84. The number of carboxylic acids is 1. The normalized spacial score (nSPS) is 17.9. The van der Waals surface area contributed by atoms with Crippen molar-refractivity contribution >= 4 is 34.6 Å². The van der Waals surface area contributed by atoms with Gasteiger partial charge in [0.25, 0.3) is 0 Å². The molecule has 3 rings (SSSR count). The number of fused-ring (bicyclic) bond motifs is 1. The zero-order valence-corrected chi connectivity index (χ0v) is 12.3. The summed E-state index contributed by atoms with van der Waals surface area (Å²) in [6.45, 7) is 1.25. The van der Waals surface area contributed by atoms with Crippen LogP contribution in [0.25, 0.3) is 0 Å². The maximum Gasteiger partial charge on any atom is 0.308 e. The summed E-state index contributed by atoms with van der Waals surface area (Å²) in [5, 5.41) is 9.31. The van der Waals surface area contributed by atoms with Crippen LogP contribution >= 0.6 is 22.9 Å². The van der Waals surface area contributed by atoms with Crippen molar-refractivity contribution in [1.29, 1.82) is 0 Å². The van der Waals surface area contributed by atoms with Crippen molar-refractivity contribution in [3.05, 3.63) is 51.2 Å². The molecule has 5 heteroatoms. The van der Waals surface area contributed by atoms with Gasteiger partial charge in [-0.1, -0.05) is 29.8 Å². The fraction of sp³-hybridized carbons (Fsp3) is 0.267. The molecule has 1 aromatic carbocycles. The Balaban J connectivity index is 1.90. The number of carbonyl (C=O) groups is 1. The lowest BCUT2D eigenvalue weighted by Crippen LogP contribution is -2.38. The summed E-state index contributed by atoms with van der Waals surface area (Å²) < 4.78 is 0.764. The number of carboxylic acid groups (broad SMARTS) is 1. The Kier molecular flexibility index (Phi) is 3.68. The second-order valence-electron chi connectivity index (χ2n) is 4.95.